The Bertz CT molecular complexity index is 1200. The van der Waals surface area contributed by atoms with Gasteiger partial charge in [-0.3, -0.25) is 14.5 Å². The molecule has 3 aromatic rings. The van der Waals surface area contributed by atoms with E-state index in [-0.39, 0.29) is 23.3 Å². The van der Waals surface area contributed by atoms with Gasteiger partial charge < -0.3 is 9.73 Å². The predicted octanol–water partition coefficient (Wildman–Crippen LogP) is 5.03. The molecule has 1 aromatic heterocycles. The summed E-state index contributed by atoms with van der Waals surface area (Å²) < 4.78 is 45.2. The summed E-state index contributed by atoms with van der Waals surface area (Å²) in [5.41, 5.74) is -0.449. The third-order valence-corrected chi connectivity index (χ3v) is 5.78. The first-order valence-corrected chi connectivity index (χ1v) is 10.5. The Labute approximate surface area is 186 Å². The molecule has 32 heavy (non-hydrogen) atoms. The van der Waals surface area contributed by atoms with Gasteiger partial charge in [0.05, 0.1) is 17.0 Å². The van der Waals surface area contributed by atoms with Crippen LogP contribution in [0.1, 0.15) is 40.6 Å². The number of rotatable bonds is 5. The van der Waals surface area contributed by atoms with Crippen LogP contribution in [-0.4, -0.2) is 30.4 Å². The second-order valence-corrected chi connectivity index (χ2v) is 8.14. The minimum absolute atomic E-state index is 0.0719. The van der Waals surface area contributed by atoms with Crippen LogP contribution in [0.5, 0.6) is 0 Å². The highest BCUT2D eigenvalue weighted by molar-refractivity contribution is 6.31. The van der Waals surface area contributed by atoms with E-state index in [1.807, 2.05) is 4.90 Å². The van der Waals surface area contributed by atoms with Crippen molar-refractivity contribution in [3.8, 4) is 0 Å². The monoisotopic (exact) mass is 464 g/mol. The van der Waals surface area contributed by atoms with Crippen LogP contribution >= 0.6 is 11.6 Å². The van der Waals surface area contributed by atoms with Crippen molar-refractivity contribution < 1.29 is 22.4 Å². The van der Waals surface area contributed by atoms with Crippen molar-refractivity contribution in [1.29, 1.82) is 0 Å². The molecule has 0 spiro atoms. The molecule has 1 N–H and O–H groups in total. The van der Waals surface area contributed by atoms with Gasteiger partial charge in [0.25, 0.3) is 5.91 Å². The summed E-state index contributed by atoms with van der Waals surface area (Å²) in [5.74, 6) is -0.788. The molecule has 168 valence electrons. The van der Waals surface area contributed by atoms with Crippen LogP contribution < -0.4 is 10.7 Å². The lowest BCUT2D eigenvalue weighted by molar-refractivity contribution is -0.137. The summed E-state index contributed by atoms with van der Waals surface area (Å²) in [6, 6.07) is 10.3. The molecule has 1 atom stereocenters. The fraction of sp³-hybridized carbons (Fsp3) is 0.304. The summed E-state index contributed by atoms with van der Waals surface area (Å²) in [6.07, 6.45) is -2.58. The van der Waals surface area contributed by atoms with E-state index in [9.17, 15) is 22.8 Å². The molecule has 0 radical (unpaired) electrons. The van der Waals surface area contributed by atoms with Crippen molar-refractivity contribution in [2.45, 2.75) is 25.1 Å². The molecule has 2 heterocycles. The maximum Gasteiger partial charge on any atom is 0.416 e. The van der Waals surface area contributed by atoms with Crippen molar-refractivity contribution in [2.75, 3.05) is 19.6 Å². The number of fused-ring (bicyclic) bond motifs is 1. The highest BCUT2D eigenvalue weighted by atomic mass is 35.5. The minimum Gasteiger partial charge on any atom is -0.451 e. The van der Waals surface area contributed by atoms with E-state index in [1.54, 1.807) is 12.1 Å². The van der Waals surface area contributed by atoms with Crippen molar-refractivity contribution in [3.63, 3.8) is 0 Å². The van der Waals surface area contributed by atoms with Crippen LogP contribution in [0.2, 0.25) is 5.02 Å². The lowest BCUT2D eigenvalue weighted by atomic mass is 10.0. The van der Waals surface area contributed by atoms with Gasteiger partial charge in [-0.15, -0.1) is 0 Å². The predicted molar refractivity (Wildman–Crippen MR) is 115 cm³/mol. The molecule has 9 heteroatoms. The second kappa shape index (κ2) is 8.96. The number of amides is 1. The van der Waals surface area contributed by atoms with E-state index < -0.39 is 29.1 Å². The molecule has 0 saturated carbocycles. The largest absolute Gasteiger partial charge is 0.451 e. The lowest BCUT2D eigenvalue weighted by Crippen LogP contribution is -2.37. The molecular weight excluding hydrogens is 445 g/mol. The Hall–Kier alpha value is -2.84. The number of nitrogens with zero attached hydrogens (tertiary/aromatic N) is 1. The van der Waals surface area contributed by atoms with E-state index in [2.05, 4.69) is 5.32 Å². The number of alkyl halides is 3. The second-order valence-electron chi connectivity index (χ2n) is 7.71. The third kappa shape index (κ3) is 4.81. The smallest absolute Gasteiger partial charge is 0.416 e. The maximum atomic E-state index is 13.2. The van der Waals surface area contributed by atoms with Crippen LogP contribution in [0.4, 0.5) is 13.2 Å². The number of halogens is 4. The zero-order valence-corrected chi connectivity index (χ0v) is 17.7. The fourth-order valence-electron chi connectivity index (χ4n) is 3.95. The Morgan fingerprint density at radius 1 is 1.12 bits per heavy atom. The number of benzene rings is 2. The van der Waals surface area contributed by atoms with Crippen LogP contribution in [0.25, 0.3) is 11.0 Å². The Balaban J connectivity index is 1.57. The molecule has 4 rings (SSSR count). The molecule has 1 aliphatic heterocycles. The van der Waals surface area contributed by atoms with Gasteiger partial charge >= 0.3 is 6.18 Å². The van der Waals surface area contributed by atoms with Crippen LogP contribution in [0, 0.1) is 0 Å². The Kier molecular flexibility index (Phi) is 6.26. The molecule has 1 saturated heterocycles. The van der Waals surface area contributed by atoms with Gasteiger partial charge in [0, 0.05) is 17.6 Å². The van der Waals surface area contributed by atoms with Gasteiger partial charge in [-0.1, -0.05) is 23.7 Å². The van der Waals surface area contributed by atoms with E-state index in [0.717, 1.165) is 44.1 Å². The van der Waals surface area contributed by atoms with Crippen molar-refractivity contribution in [3.05, 3.63) is 80.7 Å². The van der Waals surface area contributed by atoms with Gasteiger partial charge in [-0.25, -0.2) is 0 Å². The number of hydrogen-bond acceptors (Lipinski definition) is 4. The number of nitrogens with one attached hydrogen (secondary N) is 1. The van der Waals surface area contributed by atoms with E-state index >= 15 is 0 Å². The Morgan fingerprint density at radius 3 is 2.59 bits per heavy atom. The quantitative estimate of drug-likeness (QED) is 0.575. The SMILES string of the molecule is O=C(NCC(c1cccc(C(F)(F)F)c1)N1CCCC1)c1cc(=O)c2cc(Cl)ccc2o1. The molecule has 1 amide bonds. The van der Waals surface area contributed by atoms with Gasteiger partial charge in [-0.05, 0) is 61.8 Å². The zero-order valence-electron chi connectivity index (χ0n) is 16.9. The Morgan fingerprint density at radius 2 is 1.88 bits per heavy atom. The highest BCUT2D eigenvalue weighted by Crippen LogP contribution is 2.32. The molecule has 5 nitrogen and oxygen atoms in total. The first-order valence-electron chi connectivity index (χ1n) is 10.2. The van der Waals surface area contributed by atoms with Crippen LogP contribution in [0.15, 0.2) is 57.7 Å². The summed E-state index contributed by atoms with van der Waals surface area (Å²) in [5, 5.41) is 3.34. The average molecular weight is 465 g/mol. The normalized spacial score (nSPS) is 15.8. The van der Waals surface area contributed by atoms with Gasteiger partial charge in [0.1, 0.15) is 5.58 Å². The summed E-state index contributed by atoms with van der Waals surface area (Å²) in [6.45, 7) is 1.52. The number of hydrogen-bond donors (Lipinski definition) is 1. The molecule has 2 aromatic carbocycles. The number of carbonyl (C=O) groups is 1. The first kappa shape index (κ1) is 22.4. The van der Waals surface area contributed by atoms with Crippen LogP contribution in [-0.2, 0) is 6.18 Å². The number of carbonyl (C=O) groups excluding carboxylic acids is 1. The van der Waals surface area contributed by atoms with Crippen molar-refractivity contribution in [1.82, 2.24) is 10.2 Å². The standard InChI is InChI=1S/C23H20ClF3N2O3/c24-16-6-7-20-17(11-16)19(30)12-21(32-20)22(31)28-13-18(29-8-1-2-9-29)14-4-3-5-15(10-14)23(25,26)27/h3-7,10-12,18H,1-2,8-9,13H2,(H,28,31). The molecule has 1 aliphatic rings. The third-order valence-electron chi connectivity index (χ3n) is 5.55. The van der Waals surface area contributed by atoms with Crippen LogP contribution in [0.3, 0.4) is 0 Å². The average Bonchev–Trinajstić information content (AvgIpc) is 3.28. The molecule has 1 fully saturated rings. The zero-order chi connectivity index (χ0) is 22.9. The topological polar surface area (TPSA) is 62.6 Å². The summed E-state index contributed by atoms with van der Waals surface area (Å²) >= 11 is 5.90. The minimum atomic E-state index is -4.45. The van der Waals surface area contributed by atoms with Crippen molar-refractivity contribution in [2.24, 2.45) is 0 Å². The lowest BCUT2D eigenvalue weighted by Gasteiger charge is -2.28. The molecule has 0 aliphatic carbocycles. The van der Waals surface area contributed by atoms with E-state index in [4.69, 9.17) is 16.0 Å². The molecule has 0 bridgehead atoms. The molecular formula is C23H20ClF3N2O3. The fourth-order valence-corrected chi connectivity index (χ4v) is 4.12. The summed E-state index contributed by atoms with van der Waals surface area (Å²) in [4.78, 5) is 27.1. The summed E-state index contributed by atoms with van der Waals surface area (Å²) in [7, 11) is 0. The number of likely N-dealkylation sites (tertiary alicyclic amines) is 1. The van der Waals surface area contributed by atoms with Crippen molar-refractivity contribution >= 4 is 28.5 Å². The van der Waals surface area contributed by atoms with Gasteiger partial charge in [0.15, 0.2) is 11.2 Å². The van der Waals surface area contributed by atoms with Gasteiger partial charge in [0.2, 0.25) is 0 Å². The highest BCUT2D eigenvalue weighted by Gasteiger charge is 2.32. The first-order chi connectivity index (χ1) is 15.2. The van der Waals surface area contributed by atoms with E-state index in [1.165, 1.54) is 18.2 Å². The van der Waals surface area contributed by atoms with E-state index in [0.29, 0.717) is 10.6 Å². The van der Waals surface area contributed by atoms with Gasteiger partial charge in [-0.2, -0.15) is 13.2 Å². The molecule has 1 unspecified atom stereocenters. The maximum absolute atomic E-state index is 13.2.